The zero-order chi connectivity index (χ0) is 9.97. The lowest BCUT2D eigenvalue weighted by molar-refractivity contribution is 0.949. The number of nitrogens with two attached hydrogens (primary N) is 1. The highest BCUT2D eigenvalue weighted by molar-refractivity contribution is 7.80. The molecule has 1 aliphatic rings. The van der Waals surface area contributed by atoms with Gasteiger partial charge in [-0.15, -0.1) is 12.4 Å². The summed E-state index contributed by atoms with van der Waals surface area (Å²) < 4.78 is 0. The first-order chi connectivity index (χ1) is 6.77. The van der Waals surface area contributed by atoms with Crippen molar-refractivity contribution in [2.75, 3.05) is 18.0 Å². The fourth-order valence-corrected chi connectivity index (χ4v) is 1.95. The first kappa shape index (κ1) is 12.3. The largest absolute Gasteiger partial charge is 0.389 e. The molecule has 2 N–H and O–H groups in total. The van der Waals surface area contributed by atoms with Crippen molar-refractivity contribution in [2.24, 2.45) is 5.73 Å². The van der Waals surface area contributed by atoms with Gasteiger partial charge in [-0.1, -0.05) is 12.2 Å². The maximum Gasteiger partial charge on any atom is 0.103 e. The molecule has 0 amide bonds. The van der Waals surface area contributed by atoms with E-state index in [0.717, 1.165) is 5.56 Å². The highest BCUT2D eigenvalue weighted by Crippen LogP contribution is 2.20. The summed E-state index contributed by atoms with van der Waals surface area (Å²) in [6.45, 7) is 2.35. The van der Waals surface area contributed by atoms with Gasteiger partial charge in [-0.3, -0.25) is 0 Å². The van der Waals surface area contributed by atoms with Crippen LogP contribution in [0.5, 0.6) is 0 Å². The Hall–Kier alpha value is -0.800. The molecule has 0 atom stereocenters. The molecule has 82 valence electrons. The Balaban J connectivity index is 0.00000112. The van der Waals surface area contributed by atoms with Crippen LogP contribution in [0.25, 0.3) is 0 Å². The normalized spacial score (nSPS) is 14.8. The molecule has 1 saturated heterocycles. The van der Waals surface area contributed by atoms with E-state index in [0.29, 0.717) is 4.99 Å². The minimum absolute atomic E-state index is 0. The van der Waals surface area contributed by atoms with Crippen LogP contribution in [0, 0.1) is 0 Å². The molecule has 4 heteroatoms. The maximum absolute atomic E-state index is 5.54. The number of hydrogen-bond donors (Lipinski definition) is 1. The second-order valence-corrected chi connectivity index (χ2v) is 4.05. The highest BCUT2D eigenvalue weighted by Gasteiger charge is 2.11. The van der Waals surface area contributed by atoms with Crippen LogP contribution in [-0.2, 0) is 0 Å². The minimum atomic E-state index is 0. The first-order valence-electron chi connectivity index (χ1n) is 4.92. The van der Waals surface area contributed by atoms with Crippen molar-refractivity contribution in [3.8, 4) is 0 Å². The molecule has 15 heavy (non-hydrogen) atoms. The van der Waals surface area contributed by atoms with E-state index >= 15 is 0 Å². The van der Waals surface area contributed by atoms with Crippen molar-refractivity contribution in [2.45, 2.75) is 12.8 Å². The third-order valence-electron chi connectivity index (χ3n) is 2.62. The van der Waals surface area contributed by atoms with Crippen LogP contribution in [-0.4, -0.2) is 18.1 Å². The standard InChI is InChI=1S/C11H14N2S.ClH/c12-11(14)9-3-5-10(6-4-9)13-7-1-2-8-13;/h3-6H,1-2,7-8H2,(H2,12,14);1H. The molecule has 1 aromatic rings. The quantitative estimate of drug-likeness (QED) is 0.808. The Morgan fingerprint density at radius 3 is 2.13 bits per heavy atom. The van der Waals surface area contributed by atoms with Crippen LogP contribution >= 0.6 is 24.6 Å². The van der Waals surface area contributed by atoms with E-state index in [1.54, 1.807) is 0 Å². The molecular weight excluding hydrogens is 228 g/mol. The Morgan fingerprint density at radius 2 is 1.67 bits per heavy atom. The molecule has 2 rings (SSSR count). The lowest BCUT2D eigenvalue weighted by Crippen LogP contribution is -2.17. The Bertz CT molecular complexity index is 331. The summed E-state index contributed by atoms with van der Waals surface area (Å²) in [6.07, 6.45) is 2.61. The van der Waals surface area contributed by atoms with Crippen molar-refractivity contribution in [1.82, 2.24) is 0 Å². The predicted molar refractivity (Wildman–Crippen MR) is 71.0 cm³/mol. The molecule has 0 spiro atoms. The number of nitrogens with zero attached hydrogens (tertiary/aromatic N) is 1. The van der Waals surface area contributed by atoms with Gasteiger partial charge in [-0.2, -0.15) is 0 Å². The van der Waals surface area contributed by atoms with Gasteiger partial charge in [-0.05, 0) is 37.1 Å². The lowest BCUT2D eigenvalue weighted by atomic mass is 10.2. The number of anilines is 1. The molecule has 2 nitrogen and oxygen atoms in total. The molecule has 0 bridgehead atoms. The van der Waals surface area contributed by atoms with Crippen LogP contribution in [0.2, 0.25) is 0 Å². The van der Waals surface area contributed by atoms with Crippen LogP contribution in [0.15, 0.2) is 24.3 Å². The molecule has 1 heterocycles. The lowest BCUT2D eigenvalue weighted by Gasteiger charge is -2.17. The van der Waals surface area contributed by atoms with E-state index < -0.39 is 0 Å². The zero-order valence-corrected chi connectivity index (χ0v) is 10.1. The molecular formula is C11H15ClN2S. The van der Waals surface area contributed by atoms with Gasteiger partial charge in [0.1, 0.15) is 4.99 Å². The fourth-order valence-electron chi connectivity index (χ4n) is 1.81. The molecule has 0 saturated carbocycles. The summed E-state index contributed by atoms with van der Waals surface area (Å²) in [5, 5.41) is 0. The third kappa shape index (κ3) is 2.83. The average molecular weight is 243 g/mol. The van der Waals surface area contributed by atoms with Gasteiger partial charge in [0.2, 0.25) is 0 Å². The van der Waals surface area contributed by atoms with Gasteiger partial charge in [0.15, 0.2) is 0 Å². The number of hydrogen-bond acceptors (Lipinski definition) is 2. The van der Waals surface area contributed by atoms with E-state index in [2.05, 4.69) is 17.0 Å². The topological polar surface area (TPSA) is 29.3 Å². The number of thiocarbonyl (C=S) groups is 1. The van der Waals surface area contributed by atoms with Crippen molar-refractivity contribution < 1.29 is 0 Å². The van der Waals surface area contributed by atoms with Crippen LogP contribution in [0.4, 0.5) is 5.69 Å². The zero-order valence-electron chi connectivity index (χ0n) is 8.48. The third-order valence-corrected chi connectivity index (χ3v) is 2.86. The van der Waals surface area contributed by atoms with Gasteiger partial charge in [0.25, 0.3) is 0 Å². The molecule has 1 aromatic carbocycles. The van der Waals surface area contributed by atoms with Crippen molar-refractivity contribution >= 4 is 35.3 Å². The Morgan fingerprint density at radius 1 is 1.13 bits per heavy atom. The van der Waals surface area contributed by atoms with Crippen LogP contribution in [0.3, 0.4) is 0 Å². The van der Waals surface area contributed by atoms with E-state index in [9.17, 15) is 0 Å². The molecule has 0 aliphatic carbocycles. The number of benzene rings is 1. The SMILES string of the molecule is Cl.NC(=S)c1ccc(N2CCCC2)cc1. The van der Waals surface area contributed by atoms with E-state index in [1.165, 1.54) is 31.6 Å². The molecule has 1 aliphatic heterocycles. The second kappa shape index (κ2) is 5.33. The average Bonchev–Trinajstić information content (AvgIpc) is 2.71. The summed E-state index contributed by atoms with van der Waals surface area (Å²) in [7, 11) is 0. The van der Waals surface area contributed by atoms with Gasteiger partial charge in [0, 0.05) is 24.3 Å². The second-order valence-electron chi connectivity index (χ2n) is 3.61. The van der Waals surface area contributed by atoms with Crippen molar-refractivity contribution in [1.29, 1.82) is 0 Å². The summed E-state index contributed by atoms with van der Waals surface area (Å²) in [5.41, 5.74) is 7.76. The van der Waals surface area contributed by atoms with Gasteiger partial charge < -0.3 is 10.6 Å². The van der Waals surface area contributed by atoms with E-state index in [1.807, 2.05) is 12.1 Å². The van der Waals surface area contributed by atoms with Gasteiger partial charge >= 0.3 is 0 Å². The summed E-state index contributed by atoms with van der Waals surface area (Å²) >= 11 is 4.90. The summed E-state index contributed by atoms with van der Waals surface area (Å²) in [4.78, 5) is 2.86. The number of rotatable bonds is 2. The van der Waals surface area contributed by atoms with Crippen LogP contribution in [0.1, 0.15) is 18.4 Å². The summed E-state index contributed by atoms with van der Waals surface area (Å²) in [5.74, 6) is 0. The highest BCUT2D eigenvalue weighted by atomic mass is 35.5. The fraction of sp³-hybridized carbons (Fsp3) is 0.364. The van der Waals surface area contributed by atoms with Crippen LogP contribution < -0.4 is 10.6 Å². The minimum Gasteiger partial charge on any atom is -0.389 e. The van der Waals surface area contributed by atoms with Gasteiger partial charge in [0.05, 0.1) is 0 Å². The first-order valence-corrected chi connectivity index (χ1v) is 5.33. The van der Waals surface area contributed by atoms with E-state index in [4.69, 9.17) is 18.0 Å². The molecule has 0 radical (unpaired) electrons. The monoisotopic (exact) mass is 242 g/mol. The van der Waals surface area contributed by atoms with Crippen molar-refractivity contribution in [3.63, 3.8) is 0 Å². The Kier molecular flexibility index (Phi) is 4.36. The predicted octanol–water partition coefficient (Wildman–Crippen LogP) is 2.34. The summed E-state index contributed by atoms with van der Waals surface area (Å²) in [6, 6.07) is 8.19. The number of halogens is 1. The maximum atomic E-state index is 5.54. The smallest absolute Gasteiger partial charge is 0.103 e. The van der Waals surface area contributed by atoms with E-state index in [-0.39, 0.29) is 12.4 Å². The molecule has 0 aromatic heterocycles. The Labute approximate surface area is 102 Å². The van der Waals surface area contributed by atoms with Crippen molar-refractivity contribution in [3.05, 3.63) is 29.8 Å². The van der Waals surface area contributed by atoms with Gasteiger partial charge in [-0.25, -0.2) is 0 Å². The molecule has 0 unspecified atom stereocenters. The molecule has 1 fully saturated rings.